The van der Waals surface area contributed by atoms with Crippen LogP contribution in [0.15, 0.2) is 18.2 Å². The molecule has 1 aromatic carbocycles. The molecule has 4 amide bonds. The van der Waals surface area contributed by atoms with E-state index in [1.807, 2.05) is 6.07 Å². The third kappa shape index (κ3) is 3.21. The lowest BCUT2D eigenvalue weighted by atomic mass is 10.0. The van der Waals surface area contributed by atoms with Crippen LogP contribution in [-0.2, 0) is 20.9 Å². The minimum Gasteiger partial charge on any atom is -0.374 e. The van der Waals surface area contributed by atoms with Crippen LogP contribution in [-0.4, -0.2) is 71.8 Å². The predicted molar refractivity (Wildman–Crippen MR) is 97.2 cm³/mol. The molecule has 3 aliphatic heterocycles. The molecule has 2 fully saturated rings. The summed E-state index contributed by atoms with van der Waals surface area (Å²) in [7, 11) is 0. The van der Waals surface area contributed by atoms with Crippen LogP contribution in [0.25, 0.3) is 0 Å². The van der Waals surface area contributed by atoms with Gasteiger partial charge in [0.25, 0.3) is 11.8 Å². The van der Waals surface area contributed by atoms with Crippen molar-refractivity contribution in [3.05, 3.63) is 34.9 Å². The van der Waals surface area contributed by atoms with E-state index in [4.69, 9.17) is 10.5 Å². The highest BCUT2D eigenvalue weighted by Gasteiger charge is 2.45. The molecule has 0 bridgehead atoms. The first-order chi connectivity index (χ1) is 13.5. The number of morpholine rings is 1. The van der Waals surface area contributed by atoms with E-state index >= 15 is 0 Å². The van der Waals surface area contributed by atoms with E-state index < -0.39 is 23.8 Å². The van der Waals surface area contributed by atoms with Crippen LogP contribution in [0.4, 0.5) is 0 Å². The summed E-state index contributed by atoms with van der Waals surface area (Å²) in [5, 5.41) is 2.21. The van der Waals surface area contributed by atoms with E-state index in [1.165, 1.54) is 0 Å². The second-order valence-corrected chi connectivity index (χ2v) is 7.25. The molecule has 148 valence electrons. The summed E-state index contributed by atoms with van der Waals surface area (Å²) in [6.45, 7) is 2.83. The van der Waals surface area contributed by atoms with E-state index in [1.54, 1.807) is 12.1 Å². The maximum absolute atomic E-state index is 13.1. The highest BCUT2D eigenvalue weighted by atomic mass is 16.5. The summed E-state index contributed by atoms with van der Waals surface area (Å²) in [6, 6.07) is 4.22. The van der Waals surface area contributed by atoms with Gasteiger partial charge in [0, 0.05) is 32.6 Å². The Labute approximate surface area is 161 Å². The maximum Gasteiger partial charge on any atom is 0.262 e. The first-order valence-corrected chi connectivity index (χ1v) is 9.37. The molecule has 3 heterocycles. The Balaban J connectivity index is 1.59. The van der Waals surface area contributed by atoms with Crippen molar-refractivity contribution >= 4 is 23.6 Å². The first-order valence-electron chi connectivity index (χ1n) is 9.37. The molecule has 1 aromatic rings. The van der Waals surface area contributed by atoms with Gasteiger partial charge in [-0.3, -0.25) is 34.3 Å². The Morgan fingerprint density at radius 2 is 2.00 bits per heavy atom. The molecular formula is C19H22N4O5. The Kier molecular flexibility index (Phi) is 4.96. The van der Waals surface area contributed by atoms with Crippen LogP contribution < -0.4 is 11.1 Å². The average Bonchev–Trinajstić information content (AvgIpc) is 2.94. The third-order valence-electron chi connectivity index (χ3n) is 5.43. The highest BCUT2D eigenvalue weighted by molar-refractivity contribution is 6.24. The Bertz CT molecular complexity index is 855. The van der Waals surface area contributed by atoms with Gasteiger partial charge in [-0.25, -0.2) is 0 Å². The number of ether oxygens (including phenoxy) is 1. The normalized spacial score (nSPS) is 25.8. The van der Waals surface area contributed by atoms with Gasteiger partial charge in [-0.1, -0.05) is 12.1 Å². The number of carbonyl (C=O) groups is 4. The van der Waals surface area contributed by atoms with Crippen molar-refractivity contribution in [2.24, 2.45) is 5.73 Å². The minimum atomic E-state index is -0.956. The van der Waals surface area contributed by atoms with Gasteiger partial charge in [-0.2, -0.15) is 0 Å². The van der Waals surface area contributed by atoms with Crippen molar-refractivity contribution in [3.8, 4) is 0 Å². The van der Waals surface area contributed by atoms with Crippen LogP contribution in [0.1, 0.15) is 39.1 Å². The van der Waals surface area contributed by atoms with Crippen molar-refractivity contribution in [1.29, 1.82) is 0 Å². The zero-order valence-electron chi connectivity index (χ0n) is 15.3. The minimum absolute atomic E-state index is 0.0529. The Morgan fingerprint density at radius 1 is 1.18 bits per heavy atom. The van der Waals surface area contributed by atoms with Gasteiger partial charge in [0.05, 0.1) is 23.8 Å². The number of hydrogen-bond donors (Lipinski definition) is 2. The number of hydrogen-bond acceptors (Lipinski definition) is 7. The standard InChI is InChI=1S/C19H22N4O5/c20-8-12-10-22(6-7-28-12)9-11-2-1-3-13-16(11)19(27)23(18(13)26)14-4-5-15(24)21-17(14)25/h1-3,12,14H,4-10,20H2,(H,21,24,25). The summed E-state index contributed by atoms with van der Waals surface area (Å²) in [6.07, 6.45) is 0.195. The molecule has 0 radical (unpaired) electrons. The van der Waals surface area contributed by atoms with Gasteiger partial charge in [0.15, 0.2) is 0 Å². The molecule has 9 nitrogen and oxygen atoms in total. The first kappa shape index (κ1) is 18.7. The van der Waals surface area contributed by atoms with Crippen LogP contribution in [0.5, 0.6) is 0 Å². The van der Waals surface area contributed by atoms with E-state index in [9.17, 15) is 19.2 Å². The van der Waals surface area contributed by atoms with Gasteiger partial charge in [-0.15, -0.1) is 0 Å². The molecule has 0 saturated carbocycles. The number of imide groups is 2. The number of nitrogens with two attached hydrogens (primary N) is 1. The third-order valence-corrected chi connectivity index (χ3v) is 5.43. The van der Waals surface area contributed by atoms with Gasteiger partial charge in [-0.05, 0) is 18.1 Å². The number of benzene rings is 1. The van der Waals surface area contributed by atoms with Crippen molar-refractivity contribution < 1.29 is 23.9 Å². The van der Waals surface area contributed by atoms with E-state index in [-0.39, 0.29) is 24.9 Å². The fraction of sp³-hybridized carbons (Fsp3) is 0.474. The zero-order valence-corrected chi connectivity index (χ0v) is 15.3. The van der Waals surface area contributed by atoms with Crippen molar-refractivity contribution in [3.63, 3.8) is 0 Å². The number of nitrogens with zero attached hydrogens (tertiary/aromatic N) is 2. The fourth-order valence-electron chi connectivity index (χ4n) is 4.02. The van der Waals surface area contributed by atoms with E-state index in [2.05, 4.69) is 10.2 Å². The fourth-order valence-corrected chi connectivity index (χ4v) is 4.02. The summed E-state index contributed by atoms with van der Waals surface area (Å²) >= 11 is 0. The SMILES string of the molecule is NCC1CN(Cc2cccc3c2C(=O)N(C2CCC(=O)NC2=O)C3=O)CCO1. The number of nitrogens with one attached hydrogen (secondary N) is 1. The molecule has 0 aliphatic carbocycles. The van der Waals surface area contributed by atoms with Crippen LogP contribution in [0, 0.1) is 0 Å². The largest absolute Gasteiger partial charge is 0.374 e. The van der Waals surface area contributed by atoms with Crippen LogP contribution >= 0.6 is 0 Å². The molecule has 0 spiro atoms. The summed E-state index contributed by atoms with van der Waals surface area (Å²) in [4.78, 5) is 52.7. The van der Waals surface area contributed by atoms with Crippen LogP contribution in [0.2, 0.25) is 0 Å². The number of carbonyl (C=O) groups excluding carboxylic acids is 4. The number of rotatable bonds is 4. The smallest absolute Gasteiger partial charge is 0.262 e. The monoisotopic (exact) mass is 386 g/mol. The molecule has 2 unspecified atom stereocenters. The topological polar surface area (TPSA) is 122 Å². The van der Waals surface area contributed by atoms with Gasteiger partial charge in [0.1, 0.15) is 6.04 Å². The second-order valence-electron chi connectivity index (χ2n) is 7.25. The molecular weight excluding hydrogens is 364 g/mol. The summed E-state index contributed by atoms with van der Waals surface area (Å²) in [5.41, 5.74) is 7.08. The van der Waals surface area contributed by atoms with Crippen molar-refractivity contribution in [1.82, 2.24) is 15.1 Å². The summed E-state index contributed by atoms with van der Waals surface area (Å²) < 4.78 is 5.57. The molecule has 28 heavy (non-hydrogen) atoms. The zero-order chi connectivity index (χ0) is 19.8. The lowest BCUT2D eigenvalue weighted by Gasteiger charge is -2.32. The highest BCUT2D eigenvalue weighted by Crippen LogP contribution is 2.30. The van der Waals surface area contributed by atoms with Gasteiger partial charge >= 0.3 is 0 Å². The number of fused-ring (bicyclic) bond motifs is 1. The molecule has 3 N–H and O–H groups in total. The molecule has 2 saturated heterocycles. The number of piperidine rings is 1. The van der Waals surface area contributed by atoms with E-state index in [0.29, 0.717) is 43.9 Å². The van der Waals surface area contributed by atoms with Gasteiger partial charge < -0.3 is 10.5 Å². The Morgan fingerprint density at radius 3 is 2.75 bits per heavy atom. The quantitative estimate of drug-likeness (QED) is 0.653. The Hall–Kier alpha value is -2.62. The van der Waals surface area contributed by atoms with Crippen LogP contribution in [0.3, 0.4) is 0 Å². The van der Waals surface area contributed by atoms with Crippen molar-refractivity contribution in [2.45, 2.75) is 31.5 Å². The predicted octanol–water partition coefficient (Wildman–Crippen LogP) is -0.753. The average molecular weight is 386 g/mol. The van der Waals surface area contributed by atoms with E-state index in [0.717, 1.165) is 10.5 Å². The summed E-state index contributed by atoms with van der Waals surface area (Å²) in [5.74, 6) is -1.96. The molecule has 2 atom stereocenters. The molecule has 4 rings (SSSR count). The lowest BCUT2D eigenvalue weighted by molar-refractivity contribution is -0.136. The molecule has 0 aromatic heterocycles. The maximum atomic E-state index is 13.1. The molecule has 9 heteroatoms. The second kappa shape index (κ2) is 7.42. The lowest BCUT2D eigenvalue weighted by Crippen LogP contribution is -2.54. The van der Waals surface area contributed by atoms with Crippen molar-refractivity contribution in [2.75, 3.05) is 26.2 Å². The number of amides is 4. The van der Waals surface area contributed by atoms with Gasteiger partial charge in [0.2, 0.25) is 11.8 Å². The molecule has 3 aliphatic rings.